The standard InChI is InChI=1S/C12H14N4O3S/c17-9-14-5-7-15(8-6-14)12(20)13-10-3-1-2-4-11(10)16(18)19/h1-4,9H,5-8H2,(H,13,20). The van der Waals surface area contributed by atoms with Crippen LogP contribution in [0.3, 0.4) is 0 Å². The highest BCUT2D eigenvalue weighted by Crippen LogP contribution is 2.23. The van der Waals surface area contributed by atoms with Crippen LogP contribution in [-0.4, -0.2) is 52.4 Å². The van der Waals surface area contributed by atoms with Crippen molar-refractivity contribution in [2.45, 2.75) is 0 Å². The number of piperazine rings is 1. The van der Waals surface area contributed by atoms with Gasteiger partial charge in [0.1, 0.15) is 5.69 Å². The molecule has 8 heteroatoms. The topological polar surface area (TPSA) is 78.7 Å². The first-order chi connectivity index (χ1) is 9.61. The van der Waals surface area contributed by atoms with Gasteiger partial charge in [0, 0.05) is 32.2 Å². The number of rotatable bonds is 3. The van der Waals surface area contributed by atoms with Crippen LogP contribution in [0.15, 0.2) is 24.3 Å². The zero-order chi connectivity index (χ0) is 14.5. The van der Waals surface area contributed by atoms with Gasteiger partial charge in [-0.2, -0.15) is 0 Å². The molecule has 0 spiro atoms. The van der Waals surface area contributed by atoms with E-state index in [2.05, 4.69) is 5.32 Å². The summed E-state index contributed by atoms with van der Waals surface area (Å²) in [6.07, 6.45) is 0.815. The van der Waals surface area contributed by atoms with Crippen LogP contribution in [0.5, 0.6) is 0 Å². The third kappa shape index (κ3) is 3.21. The molecule has 20 heavy (non-hydrogen) atoms. The number of nitro benzene ring substituents is 1. The molecule has 1 amide bonds. The lowest BCUT2D eigenvalue weighted by Crippen LogP contribution is -2.49. The molecule has 1 aromatic carbocycles. The molecule has 0 aliphatic carbocycles. The number of nitrogens with one attached hydrogen (secondary N) is 1. The minimum atomic E-state index is -0.449. The van der Waals surface area contributed by atoms with E-state index in [1.165, 1.54) is 6.07 Å². The number of nitrogens with zero attached hydrogens (tertiary/aromatic N) is 3. The fraction of sp³-hybridized carbons (Fsp3) is 0.333. The van der Waals surface area contributed by atoms with Gasteiger partial charge in [0.05, 0.1) is 4.92 Å². The summed E-state index contributed by atoms with van der Waals surface area (Å²) in [5.74, 6) is 0. The van der Waals surface area contributed by atoms with E-state index in [-0.39, 0.29) is 5.69 Å². The highest BCUT2D eigenvalue weighted by molar-refractivity contribution is 7.80. The molecule has 1 N–H and O–H groups in total. The number of hydrogen-bond acceptors (Lipinski definition) is 4. The van der Waals surface area contributed by atoms with E-state index in [0.29, 0.717) is 37.0 Å². The van der Waals surface area contributed by atoms with Crippen LogP contribution < -0.4 is 5.32 Å². The maximum Gasteiger partial charge on any atom is 0.292 e. The normalized spacial score (nSPS) is 14.8. The van der Waals surface area contributed by atoms with Crippen LogP contribution in [-0.2, 0) is 4.79 Å². The number of anilines is 1. The summed E-state index contributed by atoms with van der Waals surface area (Å²) in [7, 11) is 0. The molecule has 0 aromatic heterocycles. The Bertz CT molecular complexity index is 529. The zero-order valence-electron chi connectivity index (χ0n) is 10.7. The Morgan fingerprint density at radius 3 is 2.55 bits per heavy atom. The summed E-state index contributed by atoms with van der Waals surface area (Å²) in [5, 5.41) is 14.3. The van der Waals surface area contributed by atoms with Gasteiger partial charge in [-0.15, -0.1) is 0 Å². The number of amides is 1. The molecule has 7 nitrogen and oxygen atoms in total. The number of nitro groups is 1. The van der Waals surface area contributed by atoms with E-state index in [4.69, 9.17) is 12.2 Å². The van der Waals surface area contributed by atoms with E-state index in [0.717, 1.165) is 6.41 Å². The van der Waals surface area contributed by atoms with Crippen molar-refractivity contribution in [2.24, 2.45) is 0 Å². The highest BCUT2D eigenvalue weighted by atomic mass is 32.1. The van der Waals surface area contributed by atoms with Gasteiger partial charge < -0.3 is 15.1 Å². The molecule has 1 fully saturated rings. The van der Waals surface area contributed by atoms with Crippen LogP contribution in [0.2, 0.25) is 0 Å². The second-order valence-electron chi connectivity index (χ2n) is 4.33. The fourth-order valence-corrected chi connectivity index (χ4v) is 2.26. The van der Waals surface area contributed by atoms with Gasteiger partial charge in [-0.3, -0.25) is 14.9 Å². The minimum Gasteiger partial charge on any atom is -0.345 e. The van der Waals surface area contributed by atoms with Gasteiger partial charge in [-0.25, -0.2) is 0 Å². The molecule has 0 unspecified atom stereocenters. The van der Waals surface area contributed by atoms with Gasteiger partial charge in [0.15, 0.2) is 5.11 Å². The largest absolute Gasteiger partial charge is 0.345 e. The number of benzene rings is 1. The highest BCUT2D eigenvalue weighted by Gasteiger charge is 2.20. The van der Waals surface area contributed by atoms with E-state index >= 15 is 0 Å². The molecule has 1 aliphatic heterocycles. The molecule has 0 atom stereocenters. The van der Waals surface area contributed by atoms with E-state index < -0.39 is 4.92 Å². The molecular weight excluding hydrogens is 280 g/mol. The maximum absolute atomic E-state index is 10.9. The van der Waals surface area contributed by atoms with Gasteiger partial charge in [-0.05, 0) is 18.3 Å². The molecule has 0 bridgehead atoms. The second kappa shape index (κ2) is 6.29. The lowest BCUT2D eigenvalue weighted by atomic mass is 10.2. The number of hydrogen-bond donors (Lipinski definition) is 1. The molecule has 1 aliphatic rings. The fourth-order valence-electron chi connectivity index (χ4n) is 1.96. The van der Waals surface area contributed by atoms with Crippen LogP contribution in [0.25, 0.3) is 0 Å². The van der Waals surface area contributed by atoms with Crippen molar-refractivity contribution in [3.8, 4) is 0 Å². The molecular formula is C12H14N4O3S. The van der Waals surface area contributed by atoms with Crippen molar-refractivity contribution in [1.82, 2.24) is 9.80 Å². The monoisotopic (exact) mass is 294 g/mol. The van der Waals surface area contributed by atoms with Gasteiger partial charge >= 0.3 is 0 Å². The molecule has 1 saturated heterocycles. The van der Waals surface area contributed by atoms with Gasteiger partial charge in [0.2, 0.25) is 6.41 Å². The summed E-state index contributed by atoms with van der Waals surface area (Å²) < 4.78 is 0. The summed E-state index contributed by atoms with van der Waals surface area (Å²) in [6.45, 7) is 2.43. The van der Waals surface area contributed by atoms with E-state index in [9.17, 15) is 14.9 Å². The van der Waals surface area contributed by atoms with Crippen molar-refractivity contribution in [3.63, 3.8) is 0 Å². The Hall–Kier alpha value is -2.22. The van der Waals surface area contributed by atoms with Crippen LogP contribution in [0.4, 0.5) is 11.4 Å². The van der Waals surface area contributed by atoms with Gasteiger partial charge in [0.25, 0.3) is 5.69 Å². The Kier molecular flexibility index (Phi) is 4.46. The zero-order valence-corrected chi connectivity index (χ0v) is 11.5. The van der Waals surface area contributed by atoms with Crippen molar-refractivity contribution >= 4 is 35.1 Å². The maximum atomic E-state index is 10.9. The first kappa shape index (κ1) is 14.2. The van der Waals surface area contributed by atoms with Crippen molar-refractivity contribution in [2.75, 3.05) is 31.5 Å². The van der Waals surface area contributed by atoms with Crippen molar-refractivity contribution < 1.29 is 9.72 Å². The third-order valence-electron chi connectivity index (χ3n) is 3.09. The predicted octanol–water partition coefficient (Wildman–Crippen LogP) is 1.07. The van der Waals surface area contributed by atoms with E-state index in [1.807, 2.05) is 4.90 Å². The van der Waals surface area contributed by atoms with Crippen LogP contribution >= 0.6 is 12.2 Å². The second-order valence-corrected chi connectivity index (χ2v) is 4.72. The van der Waals surface area contributed by atoms with Gasteiger partial charge in [-0.1, -0.05) is 12.1 Å². The van der Waals surface area contributed by atoms with Crippen molar-refractivity contribution in [3.05, 3.63) is 34.4 Å². The first-order valence-electron chi connectivity index (χ1n) is 6.10. The summed E-state index contributed by atoms with van der Waals surface area (Å²) in [4.78, 5) is 24.7. The molecule has 0 radical (unpaired) electrons. The molecule has 2 rings (SSSR count). The van der Waals surface area contributed by atoms with Crippen molar-refractivity contribution in [1.29, 1.82) is 0 Å². The Labute approximate surface area is 121 Å². The number of carbonyl (C=O) groups excluding carboxylic acids is 1. The quantitative estimate of drug-likeness (QED) is 0.389. The molecule has 106 valence electrons. The number of thiocarbonyl (C=S) groups is 1. The number of carbonyl (C=O) groups is 1. The Morgan fingerprint density at radius 1 is 1.30 bits per heavy atom. The Morgan fingerprint density at radius 2 is 1.95 bits per heavy atom. The lowest BCUT2D eigenvalue weighted by Gasteiger charge is -2.34. The predicted molar refractivity (Wildman–Crippen MR) is 78.5 cm³/mol. The van der Waals surface area contributed by atoms with E-state index in [1.54, 1.807) is 23.1 Å². The summed E-state index contributed by atoms with van der Waals surface area (Å²) in [6, 6.07) is 6.36. The smallest absolute Gasteiger partial charge is 0.292 e. The first-order valence-corrected chi connectivity index (χ1v) is 6.51. The molecule has 1 heterocycles. The number of para-hydroxylation sites is 2. The lowest BCUT2D eigenvalue weighted by molar-refractivity contribution is -0.383. The third-order valence-corrected chi connectivity index (χ3v) is 3.45. The summed E-state index contributed by atoms with van der Waals surface area (Å²) in [5.41, 5.74) is 0.363. The average molecular weight is 294 g/mol. The Balaban J connectivity index is 2.02. The molecule has 1 aromatic rings. The average Bonchev–Trinajstić information content (AvgIpc) is 2.47. The summed E-state index contributed by atoms with van der Waals surface area (Å²) >= 11 is 5.26. The SMILES string of the molecule is O=CN1CCN(C(=S)Nc2ccccc2[N+](=O)[O-])CC1. The molecule has 0 saturated carbocycles. The van der Waals surface area contributed by atoms with Crippen LogP contribution in [0.1, 0.15) is 0 Å². The minimum absolute atomic E-state index is 0.0126. The van der Waals surface area contributed by atoms with Crippen LogP contribution in [0, 0.1) is 10.1 Å².